The number of nitrogens with zero attached hydrogens (tertiary/aromatic N) is 3. The van der Waals surface area contributed by atoms with Crippen LogP contribution in [0.25, 0.3) is 0 Å². The fourth-order valence-electron chi connectivity index (χ4n) is 2.63. The molecule has 1 aliphatic rings. The Kier molecular flexibility index (Phi) is 3.38. The molecule has 0 bridgehead atoms. The minimum absolute atomic E-state index is 0.261. The zero-order chi connectivity index (χ0) is 15.7. The maximum atomic E-state index is 12.7. The summed E-state index contributed by atoms with van der Waals surface area (Å²) in [5.41, 5.74) is -0.397. The van der Waals surface area contributed by atoms with Gasteiger partial charge in [-0.25, -0.2) is 9.97 Å². The Hall–Kier alpha value is -2.74. The lowest BCUT2D eigenvalue weighted by Gasteiger charge is -2.27. The van der Waals surface area contributed by atoms with Gasteiger partial charge in [-0.3, -0.25) is 14.2 Å². The quantitative estimate of drug-likeness (QED) is 0.736. The molecule has 114 valence electrons. The van der Waals surface area contributed by atoms with E-state index in [0.717, 1.165) is 0 Å². The summed E-state index contributed by atoms with van der Waals surface area (Å²) in [5, 5.41) is 8.78. The average molecular weight is 300 g/mol. The van der Waals surface area contributed by atoms with Crippen LogP contribution < -0.4 is 21.5 Å². The van der Waals surface area contributed by atoms with Gasteiger partial charge in [0.05, 0.1) is 0 Å². The van der Waals surface area contributed by atoms with Crippen LogP contribution in [0.3, 0.4) is 0 Å². The van der Waals surface area contributed by atoms with E-state index in [0.29, 0.717) is 23.7 Å². The number of likely N-dealkylation sites (N-methyl/N-ethyl adjacent to an activating group) is 1. The van der Waals surface area contributed by atoms with E-state index in [1.807, 2.05) is 0 Å². The van der Waals surface area contributed by atoms with E-state index in [-0.39, 0.29) is 11.5 Å². The first kappa shape index (κ1) is 14.2. The smallest absolute Gasteiger partial charge is 0.276 e. The van der Waals surface area contributed by atoms with Gasteiger partial charge in [0.25, 0.3) is 11.5 Å². The van der Waals surface area contributed by atoms with Gasteiger partial charge in [-0.05, 0) is 32.2 Å². The first-order valence-electron chi connectivity index (χ1n) is 6.82. The Morgan fingerprint density at radius 2 is 2.14 bits per heavy atom. The van der Waals surface area contributed by atoms with Crippen LogP contribution in [0.5, 0.6) is 0 Å². The lowest BCUT2D eigenvalue weighted by atomic mass is 10.2. The minimum atomic E-state index is -0.804. The summed E-state index contributed by atoms with van der Waals surface area (Å²) in [6, 6.07) is 4.87. The van der Waals surface area contributed by atoms with E-state index in [9.17, 15) is 9.59 Å². The molecule has 1 atom stereocenters. The van der Waals surface area contributed by atoms with Gasteiger partial charge in [-0.15, -0.1) is 0 Å². The van der Waals surface area contributed by atoms with Crippen LogP contribution in [0.1, 0.15) is 17.4 Å². The van der Waals surface area contributed by atoms with Crippen molar-refractivity contribution < 1.29 is 4.79 Å². The predicted octanol–water partition coefficient (Wildman–Crippen LogP) is 0.0174. The molecule has 0 spiro atoms. The van der Waals surface area contributed by atoms with Crippen molar-refractivity contribution in [1.82, 2.24) is 25.2 Å². The number of hydrogen-bond acceptors (Lipinski definition) is 6. The van der Waals surface area contributed by atoms with E-state index >= 15 is 0 Å². The van der Waals surface area contributed by atoms with Gasteiger partial charge in [0.2, 0.25) is 0 Å². The highest BCUT2D eigenvalue weighted by Crippen LogP contribution is 2.22. The predicted molar refractivity (Wildman–Crippen MR) is 81.1 cm³/mol. The van der Waals surface area contributed by atoms with Crippen molar-refractivity contribution in [3.63, 3.8) is 0 Å². The van der Waals surface area contributed by atoms with Crippen molar-refractivity contribution in [3.05, 3.63) is 46.8 Å². The third kappa shape index (κ3) is 2.23. The number of nitrogens with one attached hydrogen (secondary N) is 3. The Balaban J connectivity index is 2.07. The molecular formula is C14H16N6O2. The van der Waals surface area contributed by atoms with Crippen LogP contribution in [0, 0.1) is 0 Å². The number of pyridine rings is 1. The van der Waals surface area contributed by atoms with Crippen LogP contribution in [-0.2, 0) is 5.66 Å². The van der Waals surface area contributed by atoms with Crippen molar-refractivity contribution >= 4 is 17.4 Å². The topological polar surface area (TPSA) is 101 Å². The van der Waals surface area contributed by atoms with Crippen molar-refractivity contribution in [3.8, 4) is 0 Å². The molecule has 1 aliphatic heterocycles. The monoisotopic (exact) mass is 300 g/mol. The highest BCUT2D eigenvalue weighted by Gasteiger charge is 2.39. The second-order valence-corrected chi connectivity index (χ2v) is 5.25. The lowest BCUT2D eigenvalue weighted by Crippen LogP contribution is -2.51. The maximum Gasteiger partial charge on any atom is 0.276 e. The third-order valence-electron chi connectivity index (χ3n) is 3.56. The second kappa shape index (κ2) is 5.23. The maximum absolute atomic E-state index is 12.7. The van der Waals surface area contributed by atoms with Crippen LogP contribution in [0.15, 0.2) is 35.5 Å². The highest BCUT2D eigenvalue weighted by molar-refractivity contribution is 5.95. The Morgan fingerprint density at radius 3 is 2.82 bits per heavy atom. The molecule has 3 heterocycles. The van der Waals surface area contributed by atoms with Gasteiger partial charge in [-0.2, -0.15) is 0 Å². The summed E-state index contributed by atoms with van der Waals surface area (Å²) in [6.45, 7) is 2.23. The molecule has 22 heavy (non-hydrogen) atoms. The van der Waals surface area contributed by atoms with E-state index in [4.69, 9.17) is 0 Å². The lowest BCUT2D eigenvalue weighted by molar-refractivity contribution is 0.0927. The van der Waals surface area contributed by atoms with Gasteiger partial charge in [0, 0.05) is 12.7 Å². The van der Waals surface area contributed by atoms with Gasteiger partial charge < -0.3 is 16.0 Å². The van der Waals surface area contributed by atoms with Gasteiger partial charge in [0.15, 0.2) is 0 Å². The normalized spacial score (nSPS) is 19.6. The molecule has 2 aromatic heterocycles. The van der Waals surface area contributed by atoms with Crippen LogP contribution >= 0.6 is 0 Å². The Morgan fingerprint density at radius 1 is 1.32 bits per heavy atom. The van der Waals surface area contributed by atoms with Crippen LogP contribution in [0.2, 0.25) is 0 Å². The van der Waals surface area contributed by atoms with Crippen LogP contribution in [0.4, 0.5) is 11.5 Å². The summed E-state index contributed by atoms with van der Waals surface area (Å²) >= 11 is 0. The molecular weight excluding hydrogens is 284 g/mol. The molecule has 0 aliphatic carbocycles. The van der Waals surface area contributed by atoms with E-state index in [1.54, 1.807) is 38.4 Å². The molecule has 8 nitrogen and oxygen atoms in total. The van der Waals surface area contributed by atoms with Crippen molar-refractivity contribution in [2.24, 2.45) is 0 Å². The first-order chi connectivity index (χ1) is 10.5. The second-order valence-electron chi connectivity index (χ2n) is 5.25. The third-order valence-corrected chi connectivity index (χ3v) is 3.56. The number of anilines is 2. The largest absolute Gasteiger partial charge is 0.336 e. The summed E-state index contributed by atoms with van der Waals surface area (Å²) in [6.07, 6.45) is 2.97. The van der Waals surface area contributed by atoms with Gasteiger partial charge in [-0.1, -0.05) is 0 Å². The average Bonchev–Trinajstić information content (AvgIpc) is 2.75. The molecule has 0 aromatic carbocycles. The molecule has 8 heteroatoms. The van der Waals surface area contributed by atoms with Crippen molar-refractivity contribution in [2.45, 2.75) is 12.6 Å². The molecule has 0 radical (unpaired) electrons. The van der Waals surface area contributed by atoms with Gasteiger partial charge in [0.1, 0.15) is 29.2 Å². The summed E-state index contributed by atoms with van der Waals surface area (Å²) < 4.78 is 1.47. The number of aromatic nitrogens is 3. The molecule has 0 saturated carbocycles. The highest BCUT2D eigenvalue weighted by atomic mass is 16.2. The number of carbonyl (C=O) groups is 1. The van der Waals surface area contributed by atoms with Crippen molar-refractivity contribution in [1.29, 1.82) is 0 Å². The van der Waals surface area contributed by atoms with Crippen LogP contribution in [-0.4, -0.2) is 34.0 Å². The minimum Gasteiger partial charge on any atom is -0.336 e. The molecule has 3 N–H and O–H groups in total. The van der Waals surface area contributed by atoms with E-state index < -0.39 is 5.66 Å². The van der Waals surface area contributed by atoms with E-state index in [1.165, 1.54) is 10.9 Å². The molecule has 2 aromatic rings. The van der Waals surface area contributed by atoms with Gasteiger partial charge >= 0.3 is 0 Å². The molecule has 1 unspecified atom stereocenters. The summed E-state index contributed by atoms with van der Waals surface area (Å²) in [5.74, 6) is 0.253. The molecule has 0 saturated heterocycles. The number of amides is 1. The Labute approximate surface area is 126 Å². The summed E-state index contributed by atoms with van der Waals surface area (Å²) in [4.78, 5) is 32.6. The number of rotatable bonds is 4. The van der Waals surface area contributed by atoms with E-state index in [2.05, 4.69) is 25.9 Å². The first-order valence-corrected chi connectivity index (χ1v) is 6.82. The fourth-order valence-corrected chi connectivity index (χ4v) is 2.63. The molecule has 1 amide bonds. The molecule has 0 fully saturated rings. The number of hydrogen-bond donors (Lipinski definition) is 3. The zero-order valence-corrected chi connectivity index (χ0v) is 12.3. The fraction of sp³-hybridized carbons (Fsp3) is 0.286. The Bertz CT molecular complexity index is 773. The number of carbonyl (C=O) groups excluding carboxylic acids is 1. The number of fused-ring (bicyclic) bond motifs is 1. The summed E-state index contributed by atoms with van der Waals surface area (Å²) in [7, 11) is 1.77. The van der Waals surface area contributed by atoms with Crippen molar-refractivity contribution in [2.75, 3.05) is 18.9 Å². The molecule has 3 rings (SSSR count). The zero-order valence-electron chi connectivity index (χ0n) is 12.3. The SMILES string of the molecule is CNCC1(C)NC(=O)c2ccc(Nc3ccncn3)c(=O)n21. The standard InChI is InChI=1S/C14H16N6O2/c1-14(7-15-2)19-12(21)10-4-3-9(13(22)20(10)14)18-11-5-6-16-8-17-11/h3-6,8,15H,7H2,1-2H3,(H,19,21)(H,16,17,18).